The van der Waals surface area contributed by atoms with Crippen LogP contribution in [-0.4, -0.2) is 48.4 Å². The van der Waals surface area contributed by atoms with Gasteiger partial charge in [0.15, 0.2) is 0 Å². The van der Waals surface area contributed by atoms with Crippen LogP contribution in [0.5, 0.6) is 5.88 Å². The Bertz CT molecular complexity index is 744. The molecule has 1 aliphatic heterocycles. The number of thiophene rings is 1. The summed E-state index contributed by atoms with van der Waals surface area (Å²) < 4.78 is 5.09. The molecule has 1 saturated heterocycles. The molecule has 2 aromatic heterocycles. The van der Waals surface area contributed by atoms with Gasteiger partial charge in [0.1, 0.15) is 6.54 Å². The predicted octanol–water partition coefficient (Wildman–Crippen LogP) is 1.95. The Hall–Kier alpha value is -2.41. The number of pyridine rings is 1. The van der Waals surface area contributed by atoms with E-state index in [0.717, 1.165) is 11.3 Å². The first-order valence-corrected chi connectivity index (χ1v) is 8.11. The molecule has 0 N–H and O–H groups in total. The fourth-order valence-electron chi connectivity index (χ4n) is 2.50. The van der Waals surface area contributed by atoms with E-state index >= 15 is 0 Å². The Morgan fingerprint density at radius 1 is 1.35 bits per heavy atom. The van der Waals surface area contributed by atoms with Gasteiger partial charge in [-0.25, -0.2) is 4.98 Å². The topological polar surface area (TPSA) is 62.7 Å². The quantitative estimate of drug-likeness (QED) is 0.862. The highest BCUT2D eigenvalue weighted by molar-refractivity contribution is 7.12. The van der Waals surface area contributed by atoms with Crippen LogP contribution >= 0.6 is 11.3 Å². The summed E-state index contributed by atoms with van der Waals surface area (Å²) in [6.07, 6.45) is 1.60. The lowest BCUT2D eigenvalue weighted by atomic mass is 10.2. The van der Waals surface area contributed by atoms with Crippen molar-refractivity contribution in [3.63, 3.8) is 0 Å². The molecule has 0 bridgehead atoms. The van der Waals surface area contributed by atoms with Crippen molar-refractivity contribution in [3.8, 4) is 5.88 Å². The standard InChI is InChI=1S/C16H17N3O3S/c1-11-7-13(23-10-11)16(21)18-5-6-19(15(20)9-18)12-3-4-17-14(8-12)22-2/h3-4,7-8,10H,5-6,9H2,1-2H3. The van der Waals surface area contributed by atoms with Crippen molar-refractivity contribution in [2.24, 2.45) is 0 Å². The molecule has 0 saturated carbocycles. The lowest BCUT2D eigenvalue weighted by molar-refractivity contribution is -0.120. The van der Waals surface area contributed by atoms with Gasteiger partial charge in [-0.3, -0.25) is 9.59 Å². The molecular weight excluding hydrogens is 314 g/mol. The Balaban J connectivity index is 1.72. The maximum Gasteiger partial charge on any atom is 0.264 e. The number of piperazine rings is 1. The van der Waals surface area contributed by atoms with E-state index in [0.29, 0.717) is 23.8 Å². The maximum absolute atomic E-state index is 12.4. The van der Waals surface area contributed by atoms with Gasteiger partial charge in [-0.05, 0) is 30.0 Å². The normalized spacial score (nSPS) is 15.0. The second-order valence-corrected chi connectivity index (χ2v) is 6.23. The number of carbonyl (C=O) groups is 2. The molecule has 1 aliphatic rings. The summed E-state index contributed by atoms with van der Waals surface area (Å²) in [5.74, 6) is 0.275. The first kappa shape index (κ1) is 15.5. The van der Waals surface area contributed by atoms with Gasteiger partial charge in [0.25, 0.3) is 5.91 Å². The van der Waals surface area contributed by atoms with Crippen LogP contribution in [-0.2, 0) is 4.79 Å². The third-order valence-electron chi connectivity index (χ3n) is 3.69. The van der Waals surface area contributed by atoms with Crippen molar-refractivity contribution in [3.05, 3.63) is 40.2 Å². The van der Waals surface area contributed by atoms with Crippen LogP contribution in [0, 0.1) is 6.92 Å². The van der Waals surface area contributed by atoms with Crippen molar-refractivity contribution in [1.82, 2.24) is 9.88 Å². The van der Waals surface area contributed by atoms with Crippen LogP contribution in [0.3, 0.4) is 0 Å². The molecule has 7 heteroatoms. The molecule has 0 atom stereocenters. The van der Waals surface area contributed by atoms with Crippen molar-refractivity contribution >= 4 is 28.8 Å². The van der Waals surface area contributed by atoms with E-state index in [4.69, 9.17) is 4.74 Å². The molecule has 0 spiro atoms. The molecule has 0 aliphatic carbocycles. The molecule has 120 valence electrons. The molecule has 3 rings (SSSR count). The van der Waals surface area contributed by atoms with Gasteiger partial charge in [0.2, 0.25) is 11.8 Å². The molecule has 3 heterocycles. The summed E-state index contributed by atoms with van der Waals surface area (Å²) in [7, 11) is 1.54. The molecule has 0 aromatic carbocycles. The van der Waals surface area contributed by atoms with Crippen LogP contribution in [0.1, 0.15) is 15.2 Å². The number of aryl methyl sites for hydroxylation is 1. The van der Waals surface area contributed by atoms with E-state index in [1.54, 1.807) is 28.1 Å². The number of carbonyl (C=O) groups excluding carboxylic acids is 2. The van der Waals surface area contributed by atoms with Gasteiger partial charge < -0.3 is 14.5 Å². The van der Waals surface area contributed by atoms with Gasteiger partial charge in [-0.15, -0.1) is 11.3 Å². The van der Waals surface area contributed by atoms with Crippen molar-refractivity contribution in [2.75, 3.05) is 31.6 Å². The summed E-state index contributed by atoms with van der Waals surface area (Å²) in [6.45, 7) is 3.00. The summed E-state index contributed by atoms with van der Waals surface area (Å²) in [4.78, 5) is 32.8. The molecule has 1 fully saturated rings. The molecule has 0 radical (unpaired) electrons. The summed E-state index contributed by atoms with van der Waals surface area (Å²) in [5, 5.41) is 1.94. The van der Waals surface area contributed by atoms with E-state index in [2.05, 4.69) is 4.98 Å². The smallest absolute Gasteiger partial charge is 0.264 e. The fourth-order valence-corrected chi connectivity index (χ4v) is 3.36. The first-order valence-electron chi connectivity index (χ1n) is 7.23. The summed E-state index contributed by atoms with van der Waals surface area (Å²) in [5.41, 5.74) is 1.80. The fraction of sp³-hybridized carbons (Fsp3) is 0.312. The Labute approximate surface area is 138 Å². The second kappa shape index (κ2) is 6.37. The first-order chi connectivity index (χ1) is 11.1. The van der Waals surface area contributed by atoms with Crippen molar-refractivity contribution in [1.29, 1.82) is 0 Å². The zero-order chi connectivity index (χ0) is 16.4. The number of aromatic nitrogens is 1. The average molecular weight is 331 g/mol. The number of nitrogens with zero attached hydrogens (tertiary/aromatic N) is 3. The van der Waals surface area contributed by atoms with Crippen LogP contribution < -0.4 is 9.64 Å². The van der Waals surface area contributed by atoms with Crippen LogP contribution in [0.15, 0.2) is 29.8 Å². The number of rotatable bonds is 3. The number of hydrogen-bond donors (Lipinski definition) is 0. The zero-order valence-electron chi connectivity index (χ0n) is 13.0. The number of methoxy groups -OCH3 is 1. The number of hydrogen-bond acceptors (Lipinski definition) is 5. The molecule has 2 amide bonds. The lowest BCUT2D eigenvalue weighted by Crippen LogP contribution is -2.52. The monoisotopic (exact) mass is 331 g/mol. The van der Waals surface area contributed by atoms with Gasteiger partial charge in [0, 0.05) is 25.4 Å². The predicted molar refractivity (Wildman–Crippen MR) is 88.1 cm³/mol. The van der Waals surface area contributed by atoms with Crippen LogP contribution in [0.4, 0.5) is 5.69 Å². The molecule has 0 unspecified atom stereocenters. The minimum Gasteiger partial charge on any atom is -0.481 e. The van der Waals surface area contributed by atoms with Crippen LogP contribution in [0.2, 0.25) is 0 Å². The van der Waals surface area contributed by atoms with Crippen molar-refractivity contribution < 1.29 is 14.3 Å². The molecular formula is C16H17N3O3S. The highest BCUT2D eigenvalue weighted by Gasteiger charge is 2.29. The van der Waals surface area contributed by atoms with Crippen molar-refractivity contribution in [2.45, 2.75) is 6.92 Å². The van der Waals surface area contributed by atoms with E-state index in [9.17, 15) is 9.59 Å². The highest BCUT2D eigenvalue weighted by Crippen LogP contribution is 2.22. The summed E-state index contributed by atoms with van der Waals surface area (Å²) >= 11 is 1.41. The van der Waals surface area contributed by atoms with Crippen LogP contribution in [0.25, 0.3) is 0 Å². The third kappa shape index (κ3) is 3.19. The van der Waals surface area contributed by atoms with E-state index in [-0.39, 0.29) is 18.4 Å². The van der Waals surface area contributed by atoms with E-state index in [1.807, 2.05) is 18.4 Å². The average Bonchev–Trinajstić information content (AvgIpc) is 3.00. The van der Waals surface area contributed by atoms with E-state index in [1.165, 1.54) is 18.4 Å². The van der Waals surface area contributed by atoms with Gasteiger partial charge >= 0.3 is 0 Å². The van der Waals surface area contributed by atoms with E-state index < -0.39 is 0 Å². The number of ether oxygens (including phenoxy) is 1. The Morgan fingerprint density at radius 3 is 2.83 bits per heavy atom. The highest BCUT2D eigenvalue weighted by atomic mass is 32.1. The zero-order valence-corrected chi connectivity index (χ0v) is 13.8. The molecule has 6 nitrogen and oxygen atoms in total. The minimum absolute atomic E-state index is 0.0802. The number of amides is 2. The van der Waals surface area contributed by atoms with Gasteiger partial charge in [-0.2, -0.15) is 0 Å². The largest absolute Gasteiger partial charge is 0.481 e. The maximum atomic E-state index is 12.4. The second-order valence-electron chi connectivity index (χ2n) is 5.32. The third-order valence-corrected chi connectivity index (χ3v) is 4.72. The SMILES string of the molecule is COc1cc(N2CCN(C(=O)c3cc(C)cs3)CC2=O)ccn1. The minimum atomic E-state index is -0.105. The lowest BCUT2D eigenvalue weighted by Gasteiger charge is -2.34. The van der Waals surface area contributed by atoms with Gasteiger partial charge in [0.05, 0.1) is 17.7 Å². The number of anilines is 1. The Morgan fingerprint density at radius 2 is 2.17 bits per heavy atom. The Kier molecular flexibility index (Phi) is 4.29. The summed E-state index contributed by atoms with van der Waals surface area (Å²) in [6, 6.07) is 5.34. The van der Waals surface area contributed by atoms with Gasteiger partial charge in [-0.1, -0.05) is 0 Å². The molecule has 23 heavy (non-hydrogen) atoms. The molecule has 2 aromatic rings.